The van der Waals surface area contributed by atoms with Crippen LogP contribution >= 0.6 is 0 Å². The van der Waals surface area contributed by atoms with E-state index >= 15 is 0 Å². The van der Waals surface area contributed by atoms with Gasteiger partial charge in [-0.15, -0.1) is 0 Å². The van der Waals surface area contributed by atoms with E-state index < -0.39 is 15.7 Å². The van der Waals surface area contributed by atoms with Gasteiger partial charge in [0.1, 0.15) is 0 Å². The zero-order valence-electron chi connectivity index (χ0n) is 10.4. The predicted octanol–water partition coefficient (Wildman–Crippen LogP) is -0.0161. The van der Waals surface area contributed by atoms with Crippen molar-refractivity contribution in [3.63, 3.8) is 0 Å². The summed E-state index contributed by atoms with van der Waals surface area (Å²) in [5.41, 5.74) is 11.6. The Hall–Kier alpha value is -1.76. The number of carbonyl (C=O) groups excluding carboxylic acids is 1. The standard InChI is InChI=1S/C11H17N3O3S/c1-3-14(7-10(12)15)8-5-4-6-9(11(8)13)18(2,16)17/h4-6H,3,7,13H2,1-2H3,(H2,12,15). The normalized spacial score (nSPS) is 11.2. The number of sulfone groups is 1. The lowest BCUT2D eigenvalue weighted by molar-refractivity contribution is -0.116. The van der Waals surface area contributed by atoms with Gasteiger partial charge in [0, 0.05) is 12.8 Å². The summed E-state index contributed by atoms with van der Waals surface area (Å²) in [5.74, 6) is -0.499. The van der Waals surface area contributed by atoms with Crippen LogP contribution in [0.25, 0.3) is 0 Å². The SMILES string of the molecule is CCN(CC(N)=O)c1cccc(S(C)(=O)=O)c1N. The van der Waals surface area contributed by atoms with E-state index in [1.54, 1.807) is 17.0 Å². The number of anilines is 2. The molecule has 0 aliphatic heterocycles. The van der Waals surface area contributed by atoms with E-state index in [-0.39, 0.29) is 17.1 Å². The van der Waals surface area contributed by atoms with Crippen LogP contribution in [0.5, 0.6) is 0 Å². The molecule has 0 radical (unpaired) electrons. The molecule has 0 atom stereocenters. The quantitative estimate of drug-likeness (QED) is 0.732. The fourth-order valence-electron chi connectivity index (χ4n) is 1.69. The minimum absolute atomic E-state index is 0.00604. The largest absolute Gasteiger partial charge is 0.396 e. The molecule has 1 rings (SSSR count). The summed E-state index contributed by atoms with van der Waals surface area (Å²) in [7, 11) is -3.39. The Morgan fingerprint density at radius 2 is 2.00 bits per heavy atom. The predicted molar refractivity (Wildman–Crippen MR) is 71.0 cm³/mol. The third-order valence-electron chi connectivity index (χ3n) is 2.51. The Bertz CT molecular complexity index is 555. The van der Waals surface area contributed by atoms with Crippen molar-refractivity contribution in [2.24, 2.45) is 5.73 Å². The van der Waals surface area contributed by atoms with Crippen LogP contribution in [0.2, 0.25) is 0 Å². The van der Waals surface area contributed by atoms with Gasteiger partial charge in [-0.3, -0.25) is 4.79 Å². The third kappa shape index (κ3) is 3.13. The van der Waals surface area contributed by atoms with Gasteiger partial charge < -0.3 is 16.4 Å². The number of primary amides is 1. The molecule has 6 nitrogen and oxygen atoms in total. The summed E-state index contributed by atoms with van der Waals surface area (Å²) < 4.78 is 23.1. The summed E-state index contributed by atoms with van der Waals surface area (Å²) in [5, 5.41) is 0. The zero-order chi connectivity index (χ0) is 13.9. The highest BCUT2D eigenvalue weighted by Crippen LogP contribution is 2.29. The van der Waals surface area contributed by atoms with Crippen LogP contribution in [0.15, 0.2) is 23.1 Å². The van der Waals surface area contributed by atoms with Crippen molar-refractivity contribution in [2.75, 3.05) is 30.0 Å². The molecule has 7 heteroatoms. The van der Waals surface area contributed by atoms with Crippen molar-refractivity contribution in [3.8, 4) is 0 Å². The van der Waals surface area contributed by atoms with E-state index in [2.05, 4.69) is 0 Å². The Labute approximate surface area is 106 Å². The van der Waals surface area contributed by atoms with Gasteiger partial charge in [-0.25, -0.2) is 8.42 Å². The molecule has 0 unspecified atom stereocenters. The number of carbonyl (C=O) groups is 1. The highest BCUT2D eigenvalue weighted by atomic mass is 32.2. The lowest BCUT2D eigenvalue weighted by Gasteiger charge is -2.23. The Morgan fingerprint density at radius 1 is 1.39 bits per heavy atom. The lowest BCUT2D eigenvalue weighted by Crippen LogP contribution is -2.34. The smallest absolute Gasteiger partial charge is 0.236 e. The maximum absolute atomic E-state index is 11.5. The number of hydrogen-bond donors (Lipinski definition) is 2. The van der Waals surface area contributed by atoms with Crippen LogP contribution in [0, 0.1) is 0 Å². The minimum Gasteiger partial charge on any atom is -0.396 e. The van der Waals surface area contributed by atoms with Crippen LogP contribution < -0.4 is 16.4 Å². The van der Waals surface area contributed by atoms with Gasteiger partial charge in [0.15, 0.2) is 9.84 Å². The molecule has 1 amide bonds. The summed E-state index contributed by atoms with van der Waals surface area (Å²) in [4.78, 5) is 12.6. The molecule has 0 aliphatic rings. The first-order valence-electron chi connectivity index (χ1n) is 5.39. The maximum atomic E-state index is 11.5. The van der Waals surface area contributed by atoms with Crippen molar-refractivity contribution in [3.05, 3.63) is 18.2 Å². The number of benzene rings is 1. The van der Waals surface area contributed by atoms with Crippen molar-refractivity contribution < 1.29 is 13.2 Å². The van der Waals surface area contributed by atoms with Gasteiger partial charge in [0.05, 0.1) is 22.8 Å². The molecule has 18 heavy (non-hydrogen) atoms. The van der Waals surface area contributed by atoms with Gasteiger partial charge in [-0.2, -0.15) is 0 Å². The first kappa shape index (κ1) is 14.3. The first-order chi connectivity index (χ1) is 8.27. The highest BCUT2D eigenvalue weighted by molar-refractivity contribution is 7.90. The van der Waals surface area contributed by atoms with E-state index in [0.29, 0.717) is 12.2 Å². The second-order valence-corrected chi connectivity index (χ2v) is 5.93. The molecule has 0 saturated heterocycles. The molecule has 0 bridgehead atoms. The molecule has 1 aromatic rings. The summed E-state index contributed by atoms with van der Waals surface area (Å²) >= 11 is 0. The average Bonchev–Trinajstić information content (AvgIpc) is 2.24. The summed E-state index contributed by atoms with van der Waals surface area (Å²) in [6.07, 6.45) is 1.09. The molecular weight excluding hydrogens is 254 g/mol. The van der Waals surface area contributed by atoms with Gasteiger partial charge in [0.25, 0.3) is 0 Å². The van der Waals surface area contributed by atoms with Crippen molar-refractivity contribution in [1.82, 2.24) is 0 Å². The monoisotopic (exact) mass is 271 g/mol. The molecule has 0 fully saturated rings. The van der Waals surface area contributed by atoms with Crippen LogP contribution in [0.4, 0.5) is 11.4 Å². The van der Waals surface area contributed by atoms with E-state index in [9.17, 15) is 13.2 Å². The summed E-state index contributed by atoms with van der Waals surface area (Å²) in [6, 6.07) is 4.69. The number of para-hydroxylation sites is 1. The second-order valence-electron chi connectivity index (χ2n) is 3.94. The number of likely N-dealkylation sites (N-methyl/N-ethyl adjacent to an activating group) is 1. The number of nitrogens with zero attached hydrogens (tertiary/aromatic N) is 1. The van der Waals surface area contributed by atoms with Crippen LogP contribution in [-0.2, 0) is 14.6 Å². The maximum Gasteiger partial charge on any atom is 0.236 e. The second kappa shape index (κ2) is 5.26. The zero-order valence-corrected chi connectivity index (χ0v) is 11.2. The van der Waals surface area contributed by atoms with E-state index in [1.165, 1.54) is 6.07 Å². The number of hydrogen-bond acceptors (Lipinski definition) is 5. The third-order valence-corrected chi connectivity index (χ3v) is 3.67. The van der Waals surface area contributed by atoms with E-state index in [0.717, 1.165) is 6.26 Å². The molecule has 100 valence electrons. The Kier molecular flexibility index (Phi) is 4.18. The van der Waals surface area contributed by atoms with Gasteiger partial charge >= 0.3 is 0 Å². The molecular formula is C11H17N3O3S. The number of amides is 1. The van der Waals surface area contributed by atoms with Gasteiger partial charge in [-0.05, 0) is 19.1 Å². The van der Waals surface area contributed by atoms with Gasteiger partial charge in [-0.1, -0.05) is 6.07 Å². The molecule has 0 heterocycles. The fraction of sp³-hybridized carbons (Fsp3) is 0.364. The number of rotatable bonds is 5. The van der Waals surface area contributed by atoms with Crippen LogP contribution in [0.1, 0.15) is 6.92 Å². The molecule has 0 aromatic heterocycles. The van der Waals surface area contributed by atoms with Crippen molar-refractivity contribution in [1.29, 1.82) is 0 Å². The number of nitrogen functional groups attached to an aromatic ring is 1. The number of nitrogens with two attached hydrogens (primary N) is 2. The molecule has 1 aromatic carbocycles. The fourth-order valence-corrected chi connectivity index (χ4v) is 2.52. The molecule has 0 spiro atoms. The van der Waals surface area contributed by atoms with Crippen LogP contribution in [0.3, 0.4) is 0 Å². The molecule has 0 aliphatic carbocycles. The Morgan fingerprint density at radius 3 is 2.44 bits per heavy atom. The van der Waals surface area contributed by atoms with Crippen molar-refractivity contribution >= 4 is 27.1 Å². The van der Waals surface area contributed by atoms with E-state index in [4.69, 9.17) is 11.5 Å². The van der Waals surface area contributed by atoms with Crippen LogP contribution in [-0.4, -0.2) is 33.7 Å². The van der Waals surface area contributed by atoms with Gasteiger partial charge in [0.2, 0.25) is 5.91 Å². The average molecular weight is 271 g/mol. The first-order valence-corrected chi connectivity index (χ1v) is 7.28. The topological polar surface area (TPSA) is 106 Å². The van der Waals surface area contributed by atoms with Crippen molar-refractivity contribution in [2.45, 2.75) is 11.8 Å². The van der Waals surface area contributed by atoms with E-state index in [1.807, 2.05) is 6.92 Å². The summed E-state index contributed by atoms with van der Waals surface area (Å²) in [6.45, 7) is 2.32. The minimum atomic E-state index is -3.39. The molecule has 4 N–H and O–H groups in total. The molecule has 0 saturated carbocycles. The highest BCUT2D eigenvalue weighted by Gasteiger charge is 2.17. The lowest BCUT2D eigenvalue weighted by atomic mass is 10.2. The Balaban J connectivity index is 3.29.